The van der Waals surface area contributed by atoms with E-state index in [1.54, 1.807) is 29.9 Å². The third-order valence-electron chi connectivity index (χ3n) is 5.56. The smallest absolute Gasteiger partial charge is 0.390 e. The molecular weight excluding hydrogens is 447 g/mol. The van der Waals surface area contributed by atoms with Crippen molar-refractivity contribution in [3.63, 3.8) is 0 Å². The monoisotopic (exact) mass is 471 g/mol. The van der Waals surface area contributed by atoms with Crippen LogP contribution in [-0.4, -0.2) is 39.6 Å². The maximum absolute atomic E-state index is 12.3. The first kappa shape index (κ1) is 23.3. The molecule has 0 unspecified atom stereocenters. The summed E-state index contributed by atoms with van der Waals surface area (Å²) in [6.45, 7) is -0.478. The number of nitrogens with one attached hydrogen (secondary N) is 3. The molecule has 3 aromatic rings. The molecule has 178 valence electrons. The second kappa shape index (κ2) is 9.16. The number of aromatic nitrogens is 3. The molecule has 0 spiro atoms. The summed E-state index contributed by atoms with van der Waals surface area (Å²) in [4.78, 5) is 16.6. The molecule has 1 aliphatic rings. The molecule has 1 saturated carbocycles. The standard InChI is InChI=1S/C23H24F3N7O/c1-33-22(30-18-9-8-17(28)16(12-27)19(18)13-2-3-13)31-20(32-33)14-4-6-15(7-5-14)21(34)29-11-10-23(24,25)26/h4-9,12-13,27H,2-3,10-11,28H2,1H3,(H,29,34)(H,30,31,32). The van der Waals surface area contributed by atoms with Crippen LogP contribution in [-0.2, 0) is 7.05 Å². The lowest BCUT2D eigenvalue weighted by atomic mass is 10.00. The highest BCUT2D eigenvalue weighted by atomic mass is 19.4. The van der Waals surface area contributed by atoms with Crippen molar-refractivity contribution in [1.82, 2.24) is 20.1 Å². The molecule has 11 heteroatoms. The molecule has 1 aliphatic carbocycles. The molecule has 0 bridgehead atoms. The van der Waals surface area contributed by atoms with Gasteiger partial charge in [-0.15, -0.1) is 5.10 Å². The number of alkyl halides is 3. The summed E-state index contributed by atoms with van der Waals surface area (Å²) >= 11 is 0. The third-order valence-corrected chi connectivity index (χ3v) is 5.56. The summed E-state index contributed by atoms with van der Waals surface area (Å²) in [6.07, 6.45) is -2.04. The Morgan fingerprint density at radius 2 is 1.94 bits per heavy atom. The Hall–Kier alpha value is -3.89. The van der Waals surface area contributed by atoms with Gasteiger partial charge >= 0.3 is 6.18 Å². The number of anilines is 3. The molecule has 5 N–H and O–H groups in total. The van der Waals surface area contributed by atoms with Gasteiger partial charge in [0.15, 0.2) is 5.82 Å². The molecule has 34 heavy (non-hydrogen) atoms. The molecule has 0 saturated heterocycles. The van der Waals surface area contributed by atoms with Crippen molar-refractivity contribution >= 4 is 29.4 Å². The van der Waals surface area contributed by atoms with E-state index in [-0.39, 0.29) is 5.56 Å². The summed E-state index contributed by atoms with van der Waals surface area (Å²) in [5.74, 6) is 0.687. The lowest BCUT2D eigenvalue weighted by Crippen LogP contribution is -2.27. The fourth-order valence-electron chi connectivity index (χ4n) is 3.66. The van der Waals surface area contributed by atoms with E-state index in [1.807, 2.05) is 6.07 Å². The second-order valence-corrected chi connectivity index (χ2v) is 8.15. The minimum atomic E-state index is -4.32. The van der Waals surface area contributed by atoms with Crippen molar-refractivity contribution in [2.45, 2.75) is 31.4 Å². The summed E-state index contributed by atoms with van der Waals surface area (Å²) in [6, 6.07) is 9.95. The van der Waals surface area contributed by atoms with Crippen LogP contribution in [0, 0.1) is 5.41 Å². The minimum Gasteiger partial charge on any atom is -0.398 e. The topological polar surface area (TPSA) is 122 Å². The van der Waals surface area contributed by atoms with Crippen molar-refractivity contribution in [1.29, 1.82) is 5.41 Å². The SMILES string of the molecule is Cn1nc(-c2ccc(C(=O)NCCC(F)(F)F)cc2)nc1Nc1ccc(N)c(C=N)c1C1CC1. The molecule has 0 atom stereocenters. The van der Waals surface area contributed by atoms with Crippen molar-refractivity contribution in [2.75, 3.05) is 17.6 Å². The van der Waals surface area contributed by atoms with Gasteiger partial charge in [-0.2, -0.15) is 18.2 Å². The summed E-state index contributed by atoms with van der Waals surface area (Å²) in [5, 5.41) is 17.7. The van der Waals surface area contributed by atoms with Crippen molar-refractivity contribution < 1.29 is 18.0 Å². The first-order valence-corrected chi connectivity index (χ1v) is 10.7. The summed E-state index contributed by atoms with van der Waals surface area (Å²) < 4.78 is 38.3. The Morgan fingerprint density at radius 1 is 1.24 bits per heavy atom. The molecule has 2 aromatic carbocycles. The van der Waals surface area contributed by atoms with E-state index in [2.05, 4.69) is 20.7 Å². The fourth-order valence-corrected chi connectivity index (χ4v) is 3.66. The Bertz CT molecular complexity index is 1210. The number of carbonyl (C=O) groups excluding carboxylic acids is 1. The summed E-state index contributed by atoms with van der Waals surface area (Å²) in [5.41, 5.74) is 10.0. The number of nitrogen functional groups attached to an aromatic ring is 1. The number of nitrogens with two attached hydrogens (primary N) is 1. The maximum Gasteiger partial charge on any atom is 0.390 e. The van der Waals surface area contributed by atoms with Gasteiger partial charge in [-0.05, 0) is 48.6 Å². The van der Waals surface area contributed by atoms with Gasteiger partial charge in [-0.1, -0.05) is 12.1 Å². The first-order chi connectivity index (χ1) is 16.2. The lowest BCUT2D eigenvalue weighted by molar-refractivity contribution is -0.132. The Labute approximate surface area is 193 Å². The molecule has 1 aromatic heterocycles. The number of hydrogen-bond acceptors (Lipinski definition) is 6. The minimum absolute atomic E-state index is 0.246. The van der Waals surface area contributed by atoms with Gasteiger partial charge in [0.25, 0.3) is 5.91 Å². The number of amides is 1. The van der Waals surface area contributed by atoms with Gasteiger partial charge in [-0.25, -0.2) is 4.68 Å². The number of benzene rings is 2. The van der Waals surface area contributed by atoms with Gasteiger partial charge in [0.1, 0.15) is 0 Å². The average molecular weight is 471 g/mol. The van der Waals surface area contributed by atoms with Gasteiger partial charge < -0.3 is 21.8 Å². The van der Waals surface area contributed by atoms with Crippen LogP contribution in [0.5, 0.6) is 0 Å². The van der Waals surface area contributed by atoms with E-state index in [4.69, 9.17) is 11.1 Å². The number of rotatable bonds is 8. The Morgan fingerprint density at radius 3 is 2.56 bits per heavy atom. The van der Waals surface area contributed by atoms with E-state index in [0.717, 1.165) is 24.1 Å². The van der Waals surface area contributed by atoms with Crippen LogP contribution < -0.4 is 16.4 Å². The van der Waals surface area contributed by atoms with Crippen LogP contribution in [0.3, 0.4) is 0 Å². The normalized spacial score (nSPS) is 13.5. The zero-order valence-corrected chi connectivity index (χ0v) is 18.4. The number of aryl methyl sites for hydroxylation is 1. The van der Waals surface area contributed by atoms with Crippen LogP contribution in [0.25, 0.3) is 11.4 Å². The predicted molar refractivity (Wildman–Crippen MR) is 123 cm³/mol. The van der Waals surface area contributed by atoms with Crippen molar-refractivity contribution in [3.05, 3.63) is 53.1 Å². The number of carbonyl (C=O) groups is 1. The Kier molecular flexibility index (Phi) is 6.27. The van der Waals surface area contributed by atoms with Crippen LogP contribution in [0.2, 0.25) is 0 Å². The van der Waals surface area contributed by atoms with Crippen molar-refractivity contribution in [2.24, 2.45) is 7.05 Å². The zero-order chi connectivity index (χ0) is 24.5. The van der Waals surface area contributed by atoms with E-state index in [1.165, 1.54) is 18.3 Å². The van der Waals surface area contributed by atoms with E-state index < -0.39 is 25.0 Å². The van der Waals surface area contributed by atoms with E-state index in [0.29, 0.717) is 34.5 Å². The average Bonchev–Trinajstić information content (AvgIpc) is 3.56. The van der Waals surface area contributed by atoms with Crippen LogP contribution >= 0.6 is 0 Å². The maximum atomic E-state index is 12.3. The highest BCUT2D eigenvalue weighted by Gasteiger charge is 2.30. The van der Waals surface area contributed by atoms with Gasteiger partial charge in [0.2, 0.25) is 5.95 Å². The summed E-state index contributed by atoms with van der Waals surface area (Å²) in [7, 11) is 1.74. The molecule has 1 amide bonds. The molecule has 1 fully saturated rings. The van der Waals surface area contributed by atoms with Crippen LogP contribution in [0.4, 0.5) is 30.5 Å². The molecule has 4 rings (SSSR count). The van der Waals surface area contributed by atoms with Gasteiger partial charge in [-0.3, -0.25) is 4.79 Å². The predicted octanol–water partition coefficient (Wildman–Crippen LogP) is 4.37. The zero-order valence-electron chi connectivity index (χ0n) is 18.4. The lowest BCUT2D eigenvalue weighted by Gasteiger charge is -2.15. The van der Waals surface area contributed by atoms with E-state index in [9.17, 15) is 18.0 Å². The quantitative estimate of drug-likeness (QED) is 0.287. The fraction of sp³-hybridized carbons (Fsp3) is 0.304. The molecule has 0 aliphatic heterocycles. The largest absolute Gasteiger partial charge is 0.398 e. The third kappa shape index (κ3) is 5.19. The molecular formula is C23H24F3N7O. The van der Waals surface area contributed by atoms with E-state index >= 15 is 0 Å². The van der Waals surface area contributed by atoms with Crippen molar-refractivity contribution in [3.8, 4) is 11.4 Å². The highest BCUT2D eigenvalue weighted by molar-refractivity contribution is 5.94. The van der Waals surface area contributed by atoms with Gasteiger partial charge in [0.05, 0.1) is 6.42 Å². The molecule has 1 heterocycles. The number of halogens is 3. The van der Waals surface area contributed by atoms with Crippen LogP contribution in [0.1, 0.15) is 46.7 Å². The number of nitrogens with zero attached hydrogens (tertiary/aromatic N) is 3. The molecule has 8 nitrogen and oxygen atoms in total. The molecule has 0 radical (unpaired) electrons. The van der Waals surface area contributed by atoms with Gasteiger partial charge in [0, 0.05) is 47.9 Å². The first-order valence-electron chi connectivity index (χ1n) is 10.7. The van der Waals surface area contributed by atoms with Crippen LogP contribution in [0.15, 0.2) is 36.4 Å². The highest BCUT2D eigenvalue weighted by Crippen LogP contribution is 2.46. The number of hydrogen-bond donors (Lipinski definition) is 4. The second-order valence-electron chi connectivity index (χ2n) is 8.15. The Balaban J connectivity index is 1.50.